The number of benzene rings is 3. The van der Waals surface area contributed by atoms with Crippen LogP contribution < -0.4 is 4.74 Å². The summed E-state index contributed by atoms with van der Waals surface area (Å²) in [5.74, 6) is -2.58. The number of rotatable bonds is 6. The van der Waals surface area contributed by atoms with Crippen molar-refractivity contribution >= 4 is 12.1 Å². The number of piperidine rings is 1. The zero-order valence-corrected chi connectivity index (χ0v) is 25.6. The Morgan fingerprint density at radius 3 is 2.33 bits per heavy atom. The van der Waals surface area contributed by atoms with E-state index >= 15 is 0 Å². The number of halogens is 7. The van der Waals surface area contributed by atoms with Crippen molar-refractivity contribution in [3.63, 3.8) is 0 Å². The van der Waals surface area contributed by atoms with Crippen LogP contribution in [0.3, 0.4) is 0 Å². The van der Waals surface area contributed by atoms with Crippen LogP contribution in [0.1, 0.15) is 63.2 Å². The molecule has 1 aliphatic carbocycles. The highest BCUT2D eigenvalue weighted by Gasteiger charge is 2.76. The zero-order chi connectivity index (χ0) is 35.2. The van der Waals surface area contributed by atoms with Gasteiger partial charge in [0.2, 0.25) is 5.88 Å². The zero-order valence-electron chi connectivity index (χ0n) is 25.6. The fourth-order valence-corrected chi connectivity index (χ4v) is 7.47. The molecule has 3 aliphatic rings. The average molecular weight is 687 g/mol. The third-order valence-corrected chi connectivity index (χ3v) is 9.66. The Kier molecular flexibility index (Phi) is 7.23. The van der Waals surface area contributed by atoms with Gasteiger partial charge in [0.15, 0.2) is 6.10 Å². The lowest BCUT2D eigenvalue weighted by Crippen LogP contribution is -2.36. The van der Waals surface area contributed by atoms with Crippen LogP contribution in [0, 0.1) is 18.7 Å². The molecule has 4 aromatic rings. The number of aromatic nitrogens is 1. The van der Waals surface area contributed by atoms with Gasteiger partial charge < -0.3 is 14.6 Å². The first-order valence-corrected chi connectivity index (χ1v) is 15.0. The summed E-state index contributed by atoms with van der Waals surface area (Å²) in [6.07, 6.45) is -9.90. The quantitative estimate of drug-likeness (QED) is 0.204. The largest absolute Gasteiger partial charge is 0.481 e. The third-order valence-electron chi connectivity index (χ3n) is 9.66. The number of carboxylic acid groups (broad SMARTS) is 1. The summed E-state index contributed by atoms with van der Waals surface area (Å²) in [4.78, 5) is 30.7. The minimum Gasteiger partial charge on any atom is -0.481 e. The smallest absolute Gasteiger partial charge is 0.416 e. The number of hydrogen-bond donors (Lipinski definition) is 1. The molecule has 4 atom stereocenters. The van der Waals surface area contributed by atoms with Crippen molar-refractivity contribution in [3.05, 3.63) is 106 Å². The highest BCUT2D eigenvalue weighted by atomic mass is 19.4. The third kappa shape index (κ3) is 5.24. The van der Waals surface area contributed by atoms with Gasteiger partial charge in [-0.1, -0.05) is 12.1 Å². The molecule has 1 spiro atoms. The minimum atomic E-state index is -4.87. The summed E-state index contributed by atoms with van der Waals surface area (Å²) in [6.45, 7) is 1.70. The molecule has 7 rings (SSSR count). The second-order valence-electron chi connectivity index (χ2n) is 12.5. The molecule has 1 saturated carbocycles. The normalized spacial score (nSPS) is 22.8. The van der Waals surface area contributed by atoms with Crippen LogP contribution >= 0.6 is 0 Å². The van der Waals surface area contributed by atoms with Crippen molar-refractivity contribution in [1.82, 2.24) is 9.88 Å². The summed E-state index contributed by atoms with van der Waals surface area (Å²) < 4.78 is 109. The van der Waals surface area contributed by atoms with E-state index in [2.05, 4.69) is 4.98 Å². The lowest BCUT2D eigenvalue weighted by atomic mass is 9.89. The summed E-state index contributed by atoms with van der Waals surface area (Å²) >= 11 is 0. The van der Waals surface area contributed by atoms with Crippen LogP contribution in [0.4, 0.5) is 35.5 Å². The van der Waals surface area contributed by atoms with Gasteiger partial charge >= 0.3 is 24.4 Å². The molecule has 1 N–H and O–H groups in total. The van der Waals surface area contributed by atoms with Crippen molar-refractivity contribution < 1.29 is 54.9 Å². The average Bonchev–Trinajstić information content (AvgIpc) is 3.51. The molecular formula is C35H25F7N2O5. The molecule has 1 aromatic heterocycles. The molecule has 0 bridgehead atoms. The number of nitrogens with zero attached hydrogens (tertiary/aromatic N) is 2. The lowest BCUT2D eigenvalue weighted by molar-refractivity contribution is -0.138. The van der Waals surface area contributed by atoms with Gasteiger partial charge in [0.05, 0.1) is 35.4 Å². The molecule has 1 amide bonds. The number of methoxy groups -OCH3 is 1. The molecule has 2 unspecified atom stereocenters. The topological polar surface area (TPSA) is 89.0 Å². The summed E-state index contributed by atoms with van der Waals surface area (Å²) in [7, 11) is 1.33. The minimum absolute atomic E-state index is 0.0590. The van der Waals surface area contributed by atoms with Gasteiger partial charge in [-0.25, -0.2) is 19.0 Å². The molecule has 3 heterocycles. The summed E-state index contributed by atoms with van der Waals surface area (Å²) in [5, 5.41) is 9.38. The van der Waals surface area contributed by atoms with E-state index in [9.17, 15) is 45.4 Å². The summed E-state index contributed by atoms with van der Waals surface area (Å²) in [6, 6.07) is 10.1. The maximum absolute atomic E-state index is 14.4. The van der Waals surface area contributed by atoms with Gasteiger partial charge in [-0.15, -0.1) is 0 Å². The lowest BCUT2D eigenvalue weighted by Gasteiger charge is -2.29. The fourth-order valence-electron chi connectivity index (χ4n) is 7.47. The Balaban J connectivity index is 1.35. The van der Waals surface area contributed by atoms with Crippen molar-refractivity contribution in [2.75, 3.05) is 7.11 Å². The van der Waals surface area contributed by atoms with Gasteiger partial charge in [-0.05, 0) is 102 Å². The predicted octanol–water partition coefficient (Wildman–Crippen LogP) is 9.00. The molecule has 14 heteroatoms. The first kappa shape index (κ1) is 32.4. The van der Waals surface area contributed by atoms with Crippen molar-refractivity contribution in [2.45, 2.75) is 49.8 Å². The van der Waals surface area contributed by atoms with Crippen LogP contribution in [0.2, 0.25) is 0 Å². The Morgan fingerprint density at radius 1 is 0.959 bits per heavy atom. The van der Waals surface area contributed by atoms with E-state index in [-0.39, 0.29) is 46.0 Å². The number of carbonyl (C=O) groups is 2. The molecule has 3 fully saturated rings. The number of ether oxygens (including phenoxy) is 2. The molecular weight excluding hydrogens is 661 g/mol. The fraction of sp³-hybridized carbons (Fsp3) is 0.286. The number of carbonyl (C=O) groups excluding carboxylic acids is 1. The standard InChI is InChI=1S/C35H25F7N2O5/c1-16-7-17(31(45)46)3-5-24(16)19-10-27(30(48-2)43-15-19)25-6-4-20(34(37,38)39)12-26(25)28-13-22-14-33(22)29(49-32(47)44(28)33)18-8-21(35(40,41)42)11-23(36)9-18/h3-12,15,22,28-29H,13-14H2,1-2H3,(H,45,46)/t22?,28-,29+,33?/m0/s1. The van der Waals surface area contributed by atoms with Gasteiger partial charge in [0.1, 0.15) is 5.82 Å². The SMILES string of the molecule is COc1ncc(-c2ccc(C(=O)O)cc2C)cc1-c1ccc(C(F)(F)F)cc1[C@@H]1CC2CC23[C@@H](c2cc(F)cc(C(F)(F)F)c2)OC(=O)N13. The van der Waals surface area contributed by atoms with E-state index < -0.39 is 59.0 Å². The number of hydrogen-bond acceptors (Lipinski definition) is 5. The van der Waals surface area contributed by atoms with Crippen molar-refractivity contribution in [1.29, 1.82) is 0 Å². The Bertz CT molecular complexity index is 2050. The summed E-state index contributed by atoms with van der Waals surface area (Å²) in [5.41, 5.74) is -1.23. The highest BCUT2D eigenvalue weighted by Crippen LogP contribution is 2.71. The second kappa shape index (κ2) is 10.9. The van der Waals surface area contributed by atoms with E-state index in [1.54, 1.807) is 19.1 Å². The van der Waals surface area contributed by atoms with Crippen LogP contribution in [-0.2, 0) is 17.1 Å². The molecule has 0 radical (unpaired) electrons. The van der Waals surface area contributed by atoms with Gasteiger partial charge in [0.25, 0.3) is 0 Å². The first-order valence-electron chi connectivity index (χ1n) is 15.0. The van der Waals surface area contributed by atoms with Gasteiger partial charge in [0, 0.05) is 17.3 Å². The van der Waals surface area contributed by atoms with Crippen LogP contribution in [0.15, 0.2) is 66.9 Å². The molecule has 2 saturated heterocycles. The number of aromatic carboxylic acids is 1. The number of pyridine rings is 1. The predicted molar refractivity (Wildman–Crippen MR) is 159 cm³/mol. The Labute approximate surface area is 273 Å². The van der Waals surface area contributed by atoms with E-state index in [4.69, 9.17) is 9.47 Å². The highest BCUT2D eigenvalue weighted by molar-refractivity contribution is 5.89. The first-order chi connectivity index (χ1) is 23.0. The van der Waals surface area contributed by atoms with Crippen molar-refractivity contribution in [2.24, 2.45) is 5.92 Å². The van der Waals surface area contributed by atoms with Crippen LogP contribution in [-0.4, -0.2) is 39.7 Å². The molecule has 49 heavy (non-hydrogen) atoms. The Morgan fingerprint density at radius 2 is 1.67 bits per heavy atom. The molecule has 7 nitrogen and oxygen atoms in total. The molecule has 2 aliphatic heterocycles. The maximum Gasteiger partial charge on any atom is 0.416 e. The maximum atomic E-state index is 14.4. The van der Waals surface area contributed by atoms with E-state index in [1.807, 2.05) is 0 Å². The monoisotopic (exact) mass is 686 g/mol. The van der Waals surface area contributed by atoms with Crippen LogP contribution in [0.25, 0.3) is 22.3 Å². The number of aryl methyl sites for hydroxylation is 1. The number of carboxylic acids is 1. The number of cyclic esters (lactones) is 1. The van der Waals surface area contributed by atoms with E-state index in [0.29, 0.717) is 29.2 Å². The Hall–Kier alpha value is -5.14. The second-order valence-corrected chi connectivity index (χ2v) is 12.5. The number of alkyl halides is 6. The van der Waals surface area contributed by atoms with Gasteiger partial charge in [-0.3, -0.25) is 4.90 Å². The molecule has 254 valence electrons. The van der Waals surface area contributed by atoms with Crippen molar-refractivity contribution in [3.8, 4) is 28.1 Å². The molecule has 3 aromatic carbocycles. The van der Waals surface area contributed by atoms with Crippen LogP contribution in [0.5, 0.6) is 5.88 Å². The number of amides is 1. The van der Waals surface area contributed by atoms with E-state index in [1.165, 1.54) is 36.4 Å². The van der Waals surface area contributed by atoms with Gasteiger partial charge in [-0.2, -0.15) is 26.3 Å². The van der Waals surface area contributed by atoms with E-state index in [0.717, 1.165) is 24.3 Å².